The summed E-state index contributed by atoms with van der Waals surface area (Å²) in [5.41, 5.74) is -0.409. The summed E-state index contributed by atoms with van der Waals surface area (Å²) in [6.07, 6.45) is 3.29. The normalized spacial score (nSPS) is 24.2. The van der Waals surface area contributed by atoms with Gasteiger partial charge < -0.3 is 19.5 Å². The number of esters is 1. The van der Waals surface area contributed by atoms with Crippen LogP contribution in [0.25, 0.3) is 0 Å². The first-order valence-corrected chi connectivity index (χ1v) is 8.56. The van der Waals surface area contributed by atoms with E-state index in [2.05, 4.69) is 4.90 Å². The van der Waals surface area contributed by atoms with Crippen molar-refractivity contribution < 1.29 is 19.4 Å². The standard InChI is InChI=1S/C17H31NO4/c1-17(2,3)22-16(20)14-4-8-18(9-5-14)12-15(19)13-6-10-21-11-7-13/h13-15,19H,4-12H2,1-3H3. The van der Waals surface area contributed by atoms with Crippen LogP contribution >= 0.6 is 0 Å². The molecule has 5 nitrogen and oxygen atoms in total. The lowest BCUT2D eigenvalue weighted by Gasteiger charge is -2.35. The van der Waals surface area contributed by atoms with E-state index in [1.807, 2.05) is 20.8 Å². The van der Waals surface area contributed by atoms with Crippen molar-refractivity contribution in [3.05, 3.63) is 0 Å². The van der Waals surface area contributed by atoms with Crippen molar-refractivity contribution in [3.63, 3.8) is 0 Å². The van der Waals surface area contributed by atoms with E-state index in [1.54, 1.807) is 0 Å². The Kier molecular flexibility index (Phi) is 6.24. The molecule has 5 heteroatoms. The Morgan fingerprint density at radius 2 is 1.82 bits per heavy atom. The highest BCUT2D eigenvalue weighted by molar-refractivity contribution is 5.73. The molecule has 1 atom stereocenters. The van der Waals surface area contributed by atoms with Crippen molar-refractivity contribution in [2.75, 3.05) is 32.8 Å². The number of hydrogen-bond acceptors (Lipinski definition) is 5. The van der Waals surface area contributed by atoms with Crippen molar-refractivity contribution in [3.8, 4) is 0 Å². The average Bonchev–Trinajstić information content (AvgIpc) is 2.47. The van der Waals surface area contributed by atoms with Gasteiger partial charge in [-0.1, -0.05) is 0 Å². The summed E-state index contributed by atoms with van der Waals surface area (Å²) in [6.45, 7) is 9.70. The molecular weight excluding hydrogens is 282 g/mol. The molecule has 0 amide bonds. The minimum absolute atomic E-state index is 0.00991. The Balaban J connectivity index is 1.71. The van der Waals surface area contributed by atoms with E-state index < -0.39 is 5.60 Å². The number of nitrogens with zero attached hydrogens (tertiary/aromatic N) is 1. The average molecular weight is 313 g/mol. The largest absolute Gasteiger partial charge is 0.460 e. The fraction of sp³-hybridized carbons (Fsp3) is 0.941. The van der Waals surface area contributed by atoms with Gasteiger partial charge in [-0.2, -0.15) is 0 Å². The van der Waals surface area contributed by atoms with E-state index in [9.17, 15) is 9.90 Å². The molecule has 2 saturated heterocycles. The minimum atomic E-state index is -0.409. The van der Waals surface area contributed by atoms with Gasteiger partial charge in [0.15, 0.2) is 0 Å². The highest BCUT2D eigenvalue weighted by Crippen LogP contribution is 2.24. The maximum Gasteiger partial charge on any atom is 0.309 e. The van der Waals surface area contributed by atoms with Crippen molar-refractivity contribution in [1.29, 1.82) is 0 Å². The van der Waals surface area contributed by atoms with Crippen LogP contribution in [0, 0.1) is 11.8 Å². The first-order chi connectivity index (χ1) is 10.3. The topological polar surface area (TPSA) is 59.0 Å². The summed E-state index contributed by atoms with van der Waals surface area (Å²) in [4.78, 5) is 14.4. The van der Waals surface area contributed by atoms with Crippen molar-refractivity contribution in [2.24, 2.45) is 11.8 Å². The van der Waals surface area contributed by atoms with Crippen molar-refractivity contribution >= 4 is 5.97 Å². The van der Waals surface area contributed by atoms with E-state index in [-0.39, 0.29) is 18.0 Å². The van der Waals surface area contributed by atoms with Crippen molar-refractivity contribution in [2.45, 2.75) is 58.2 Å². The van der Waals surface area contributed by atoms with Crippen molar-refractivity contribution in [1.82, 2.24) is 4.90 Å². The number of piperidine rings is 1. The summed E-state index contributed by atoms with van der Waals surface area (Å²) < 4.78 is 10.8. The van der Waals surface area contributed by atoms with Gasteiger partial charge in [0, 0.05) is 19.8 Å². The fourth-order valence-electron chi connectivity index (χ4n) is 3.25. The number of aliphatic hydroxyl groups is 1. The highest BCUT2D eigenvalue weighted by atomic mass is 16.6. The number of ether oxygens (including phenoxy) is 2. The maximum absolute atomic E-state index is 12.1. The lowest BCUT2D eigenvalue weighted by Crippen LogP contribution is -2.44. The predicted molar refractivity (Wildman–Crippen MR) is 84.6 cm³/mol. The molecule has 2 aliphatic rings. The van der Waals surface area contributed by atoms with Gasteiger partial charge in [-0.15, -0.1) is 0 Å². The molecule has 1 N–H and O–H groups in total. The van der Waals surface area contributed by atoms with Gasteiger partial charge in [-0.3, -0.25) is 4.79 Å². The van der Waals surface area contributed by atoms with Gasteiger partial charge in [0.2, 0.25) is 0 Å². The molecule has 0 radical (unpaired) electrons. The van der Waals surface area contributed by atoms with Crippen LogP contribution < -0.4 is 0 Å². The molecule has 2 aliphatic heterocycles. The Morgan fingerprint density at radius 1 is 1.23 bits per heavy atom. The third-order valence-corrected chi connectivity index (χ3v) is 4.58. The zero-order valence-electron chi connectivity index (χ0n) is 14.2. The summed E-state index contributed by atoms with van der Waals surface area (Å²) in [5.74, 6) is 0.296. The summed E-state index contributed by atoms with van der Waals surface area (Å²) >= 11 is 0. The second-order valence-electron chi connectivity index (χ2n) is 7.63. The number of β-amino-alcohol motifs (C(OH)–C–C–N with tert-alkyl or cyclic N) is 1. The van der Waals surface area contributed by atoms with Crippen LogP contribution in [0.4, 0.5) is 0 Å². The van der Waals surface area contributed by atoms with Gasteiger partial charge in [0.05, 0.1) is 12.0 Å². The molecule has 0 aromatic rings. The molecule has 1 unspecified atom stereocenters. The molecule has 0 spiro atoms. The number of carbonyl (C=O) groups is 1. The zero-order chi connectivity index (χ0) is 16.2. The van der Waals surface area contributed by atoms with Gasteiger partial charge in [0.25, 0.3) is 0 Å². The first kappa shape index (κ1) is 17.7. The SMILES string of the molecule is CC(C)(C)OC(=O)C1CCN(CC(O)C2CCOCC2)CC1. The number of aliphatic hydroxyl groups excluding tert-OH is 1. The second-order valence-corrected chi connectivity index (χ2v) is 7.63. The Hall–Kier alpha value is -0.650. The summed E-state index contributed by atoms with van der Waals surface area (Å²) in [6, 6.07) is 0. The van der Waals surface area contributed by atoms with E-state index in [0.717, 1.165) is 52.0 Å². The fourth-order valence-corrected chi connectivity index (χ4v) is 3.25. The summed E-state index contributed by atoms with van der Waals surface area (Å²) in [5, 5.41) is 10.4. The molecular formula is C17H31NO4. The third kappa shape index (κ3) is 5.52. The van der Waals surface area contributed by atoms with Gasteiger partial charge >= 0.3 is 5.97 Å². The quantitative estimate of drug-likeness (QED) is 0.802. The monoisotopic (exact) mass is 313 g/mol. The number of likely N-dealkylation sites (tertiary alicyclic amines) is 1. The van der Waals surface area contributed by atoms with Gasteiger partial charge in [-0.25, -0.2) is 0 Å². The third-order valence-electron chi connectivity index (χ3n) is 4.58. The molecule has 2 fully saturated rings. The predicted octanol–water partition coefficient (Wildman–Crippen LogP) is 1.83. The second kappa shape index (κ2) is 7.75. The maximum atomic E-state index is 12.1. The lowest BCUT2D eigenvalue weighted by atomic mass is 9.92. The molecule has 0 bridgehead atoms. The minimum Gasteiger partial charge on any atom is -0.460 e. The highest BCUT2D eigenvalue weighted by Gasteiger charge is 2.31. The van der Waals surface area contributed by atoms with Gasteiger partial charge in [-0.05, 0) is 65.5 Å². The lowest BCUT2D eigenvalue weighted by molar-refractivity contribution is -0.161. The molecule has 0 saturated carbocycles. The van der Waals surface area contributed by atoms with Crippen LogP contribution in [0.2, 0.25) is 0 Å². The van der Waals surface area contributed by atoms with E-state index >= 15 is 0 Å². The Morgan fingerprint density at radius 3 is 2.36 bits per heavy atom. The van der Waals surface area contributed by atoms with Crippen LogP contribution in [-0.2, 0) is 14.3 Å². The van der Waals surface area contributed by atoms with E-state index in [4.69, 9.17) is 9.47 Å². The summed E-state index contributed by atoms with van der Waals surface area (Å²) in [7, 11) is 0. The first-order valence-electron chi connectivity index (χ1n) is 8.56. The van der Waals surface area contributed by atoms with E-state index in [0.29, 0.717) is 12.5 Å². The van der Waals surface area contributed by atoms with Crippen LogP contribution in [-0.4, -0.2) is 60.5 Å². The van der Waals surface area contributed by atoms with Gasteiger partial charge in [0.1, 0.15) is 5.60 Å². The number of hydrogen-bond donors (Lipinski definition) is 1. The molecule has 2 heterocycles. The Labute approximate surface area is 134 Å². The van der Waals surface area contributed by atoms with Crippen LogP contribution in [0.3, 0.4) is 0 Å². The zero-order valence-corrected chi connectivity index (χ0v) is 14.2. The molecule has 0 aromatic carbocycles. The molecule has 0 aromatic heterocycles. The number of rotatable bonds is 4. The molecule has 22 heavy (non-hydrogen) atoms. The smallest absolute Gasteiger partial charge is 0.309 e. The molecule has 2 rings (SSSR count). The van der Waals surface area contributed by atoms with Crippen LogP contribution in [0.1, 0.15) is 46.5 Å². The van der Waals surface area contributed by atoms with Crippen LogP contribution in [0.5, 0.6) is 0 Å². The molecule has 0 aliphatic carbocycles. The van der Waals surface area contributed by atoms with E-state index in [1.165, 1.54) is 0 Å². The number of carbonyl (C=O) groups excluding carboxylic acids is 1. The Bertz CT molecular complexity index is 352. The molecule has 128 valence electrons. The van der Waals surface area contributed by atoms with Crippen LogP contribution in [0.15, 0.2) is 0 Å².